The number of allylic oxidation sites excluding steroid dienone is 2. The largest absolute Gasteiger partial charge is 0.481 e. The molecule has 0 aliphatic rings. The summed E-state index contributed by atoms with van der Waals surface area (Å²) in [4.78, 5) is 35.6. The van der Waals surface area contributed by atoms with Gasteiger partial charge in [-0.3, -0.25) is 14.4 Å². The van der Waals surface area contributed by atoms with E-state index in [2.05, 4.69) is 19.1 Å². The fourth-order valence-corrected chi connectivity index (χ4v) is 4.67. The molecule has 0 bridgehead atoms. The van der Waals surface area contributed by atoms with Crippen LogP contribution in [0.15, 0.2) is 12.2 Å². The van der Waals surface area contributed by atoms with Crippen LogP contribution in [0.2, 0.25) is 0 Å². The van der Waals surface area contributed by atoms with Gasteiger partial charge in [0, 0.05) is 0 Å². The Bertz CT molecular complexity index is 558. The van der Waals surface area contributed by atoms with E-state index in [1.165, 1.54) is 12.8 Å². The van der Waals surface area contributed by atoms with E-state index < -0.39 is 35.7 Å². The molecule has 0 saturated heterocycles. The maximum absolute atomic E-state index is 11.9. The molecule has 3 atom stereocenters. The molecule has 3 N–H and O–H groups in total. The quantitative estimate of drug-likeness (QED) is 0.101. The van der Waals surface area contributed by atoms with Crippen molar-refractivity contribution in [3.8, 4) is 0 Å². The van der Waals surface area contributed by atoms with Gasteiger partial charge in [-0.15, -0.1) is 0 Å². The summed E-state index contributed by atoms with van der Waals surface area (Å²) >= 11 is 0. The predicted molar refractivity (Wildman–Crippen MR) is 136 cm³/mol. The summed E-state index contributed by atoms with van der Waals surface area (Å²) in [6, 6.07) is 0. The highest BCUT2D eigenvalue weighted by Crippen LogP contribution is 2.25. The molecule has 34 heavy (non-hydrogen) atoms. The minimum atomic E-state index is -0.897. The number of carbonyl (C=O) groups is 3. The molecule has 3 unspecified atom stereocenters. The molecular formula is C27H50NO6+. The van der Waals surface area contributed by atoms with Gasteiger partial charge in [-0.1, -0.05) is 59.1 Å². The number of rotatable bonds is 22. The maximum atomic E-state index is 11.9. The average molecular weight is 485 g/mol. The fourth-order valence-electron chi connectivity index (χ4n) is 4.67. The van der Waals surface area contributed by atoms with E-state index in [1.54, 1.807) is 0 Å². The van der Waals surface area contributed by atoms with Gasteiger partial charge in [0.25, 0.3) is 0 Å². The van der Waals surface area contributed by atoms with Gasteiger partial charge in [0.05, 0.1) is 26.2 Å². The molecule has 198 valence electrons. The van der Waals surface area contributed by atoms with Crippen LogP contribution in [0, 0.1) is 17.8 Å². The van der Waals surface area contributed by atoms with E-state index in [-0.39, 0.29) is 24.1 Å². The molecule has 0 amide bonds. The molecule has 7 heteroatoms. The monoisotopic (exact) mass is 484 g/mol. The second-order valence-electron chi connectivity index (χ2n) is 9.76. The Morgan fingerprint density at radius 2 is 1.00 bits per heavy atom. The molecule has 0 radical (unpaired) electrons. The van der Waals surface area contributed by atoms with Gasteiger partial charge >= 0.3 is 17.9 Å². The third-order valence-electron chi connectivity index (χ3n) is 6.99. The van der Waals surface area contributed by atoms with Crippen molar-refractivity contribution in [2.24, 2.45) is 17.8 Å². The van der Waals surface area contributed by atoms with E-state index in [0.717, 1.165) is 38.5 Å². The lowest BCUT2D eigenvalue weighted by molar-refractivity contribution is -0.935. The van der Waals surface area contributed by atoms with Gasteiger partial charge < -0.3 is 19.8 Å². The number of hydrogen-bond acceptors (Lipinski definition) is 3. The molecule has 0 aromatic carbocycles. The zero-order valence-corrected chi connectivity index (χ0v) is 22.0. The van der Waals surface area contributed by atoms with Crippen LogP contribution in [0.25, 0.3) is 0 Å². The van der Waals surface area contributed by atoms with E-state index in [1.807, 2.05) is 20.8 Å². The zero-order valence-electron chi connectivity index (χ0n) is 22.0. The summed E-state index contributed by atoms with van der Waals surface area (Å²) in [6.45, 7) is 9.10. The summed E-state index contributed by atoms with van der Waals surface area (Å²) in [5.41, 5.74) is 0. The first kappa shape index (κ1) is 32.1. The molecule has 0 aromatic heterocycles. The number of aliphatic carboxylic acids is 3. The predicted octanol–water partition coefficient (Wildman–Crippen LogP) is 5.83. The molecule has 0 aromatic rings. The summed E-state index contributed by atoms with van der Waals surface area (Å²) in [5.74, 6) is -4.55. The first-order valence-corrected chi connectivity index (χ1v) is 13.3. The van der Waals surface area contributed by atoms with Gasteiger partial charge in [-0.05, 0) is 51.4 Å². The molecule has 0 fully saturated rings. The number of nitrogens with zero attached hydrogens (tertiary/aromatic N) is 1. The Labute approximate surface area is 206 Å². The lowest BCUT2D eigenvalue weighted by atomic mass is 9.95. The smallest absolute Gasteiger partial charge is 0.312 e. The Morgan fingerprint density at radius 1 is 0.618 bits per heavy atom. The van der Waals surface area contributed by atoms with Gasteiger partial charge in [-0.25, -0.2) is 0 Å². The average Bonchev–Trinajstić information content (AvgIpc) is 2.79. The van der Waals surface area contributed by atoms with Crippen molar-refractivity contribution in [2.75, 3.05) is 26.2 Å². The molecule has 7 nitrogen and oxygen atoms in total. The normalized spacial score (nSPS) is 16.1. The van der Waals surface area contributed by atoms with Gasteiger partial charge in [-0.2, -0.15) is 0 Å². The van der Waals surface area contributed by atoms with Gasteiger partial charge in [0.15, 0.2) is 0 Å². The lowest BCUT2D eigenvalue weighted by Gasteiger charge is -2.43. The standard InChI is InChI=1S/C27H49NO6/c1-5-9-10-11-12-13-14-15-16-17-18-28(19-22(6-2)25(29)30,20-23(7-3)26(31)32)21-24(8-4)27(33)34/h11-12,22-24H,5-10,13-21H2,1-4H3,(H2-,29,30,31,32,33,34)/p+1/b12-11+. The summed E-state index contributed by atoms with van der Waals surface area (Å²) < 4.78 is 0.247. The number of carboxylic acid groups (broad SMARTS) is 3. The molecule has 0 rings (SSSR count). The number of unbranched alkanes of at least 4 members (excludes halogenated alkanes) is 6. The van der Waals surface area contributed by atoms with Crippen molar-refractivity contribution in [1.29, 1.82) is 0 Å². The van der Waals surface area contributed by atoms with Crippen LogP contribution >= 0.6 is 0 Å². The third kappa shape index (κ3) is 13.1. The molecule has 0 aliphatic heterocycles. The third-order valence-corrected chi connectivity index (χ3v) is 6.99. The van der Waals surface area contributed by atoms with Crippen molar-refractivity contribution in [3.63, 3.8) is 0 Å². The minimum Gasteiger partial charge on any atom is -0.481 e. The topological polar surface area (TPSA) is 112 Å². The number of hydrogen-bond donors (Lipinski definition) is 3. The van der Waals surface area contributed by atoms with Crippen LogP contribution < -0.4 is 0 Å². The highest BCUT2D eigenvalue weighted by atomic mass is 16.4. The number of carboxylic acids is 3. The van der Waals surface area contributed by atoms with Crippen LogP contribution in [0.1, 0.15) is 98.3 Å². The Morgan fingerprint density at radius 3 is 1.35 bits per heavy atom. The molecular weight excluding hydrogens is 434 g/mol. The molecule has 0 aliphatic carbocycles. The molecule has 0 saturated carbocycles. The van der Waals surface area contributed by atoms with Crippen LogP contribution in [0.3, 0.4) is 0 Å². The van der Waals surface area contributed by atoms with Crippen LogP contribution in [0.5, 0.6) is 0 Å². The van der Waals surface area contributed by atoms with E-state index in [9.17, 15) is 29.7 Å². The van der Waals surface area contributed by atoms with Gasteiger partial charge in [0.2, 0.25) is 0 Å². The van der Waals surface area contributed by atoms with E-state index in [0.29, 0.717) is 25.8 Å². The van der Waals surface area contributed by atoms with Crippen LogP contribution in [-0.4, -0.2) is 63.9 Å². The van der Waals surface area contributed by atoms with Crippen molar-refractivity contribution in [2.45, 2.75) is 98.3 Å². The summed E-state index contributed by atoms with van der Waals surface area (Å²) in [6.07, 6.45) is 14.4. The first-order valence-electron chi connectivity index (χ1n) is 13.3. The van der Waals surface area contributed by atoms with Crippen molar-refractivity contribution >= 4 is 17.9 Å². The fraction of sp³-hybridized carbons (Fsp3) is 0.815. The molecule has 0 spiro atoms. The van der Waals surface area contributed by atoms with Crippen LogP contribution in [-0.2, 0) is 14.4 Å². The first-order chi connectivity index (χ1) is 16.2. The zero-order chi connectivity index (χ0) is 26.0. The second-order valence-corrected chi connectivity index (χ2v) is 9.76. The summed E-state index contributed by atoms with van der Waals surface area (Å²) in [5, 5.41) is 29.2. The number of quaternary nitrogens is 1. The molecule has 0 heterocycles. The minimum absolute atomic E-state index is 0.247. The Kier molecular flexibility index (Phi) is 17.4. The van der Waals surface area contributed by atoms with E-state index >= 15 is 0 Å². The Balaban J connectivity index is 5.48. The maximum Gasteiger partial charge on any atom is 0.312 e. The van der Waals surface area contributed by atoms with Crippen LogP contribution in [0.4, 0.5) is 0 Å². The highest BCUT2D eigenvalue weighted by Gasteiger charge is 2.40. The van der Waals surface area contributed by atoms with Crippen molar-refractivity contribution in [3.05, 3.63) is 12.2 Å². The van der Waals surface area contributed by atoms with E-state index in [4.69, 9.17) is 0 Å². The lowest BCUT2D eigenvalue weighted by Crippen LogP contribution is -2.58. The summed E-state index contributed by atoms with van der Waals surface area (Å²) in [7, 11) is 0. The Hall–Kier alpha value is -1.89. The van der Waals surface area contributed by atoms with Crippen molar-refractivity contribution < 1.29 is 34.2 Å². The highest BCUT2D eigenvalue weighted by molar-refractivity contribution is 5.71. The van der Waals surface area contributed by atoms with Crippen molar-refractivity contribution in [1.82, 2.24) is 0 Å². The van der Waals surface area contributed by atoms with Gasteiger partial charge in [0.1, 0.15) is 17.8 Å². The second kappa shape index (κ2) is 18.4. The SMILES string of the molecule is CCCC/C=C/CCCCCC[N+](CC(CC)C(=O)O)(CC(CC)C(=O)O)CC(CC)C(=O)O.